The topological polar surface area (TPSA) is 45.0 Å². The SMILES string of the molecule is COc1cccc(C#N)c1NC1CCCSC1C. The Labute approximate surface area is 113 Å². The zero-order valence-electron chi connectivity index (χ0n) is 10.8. The van der Waals surface area contributed by atoms with Gasteiger partial charge in [-0.05, 0) is 30.7 Å². The van der Waals surface area contributed by atoms with Crippen molar-refractivity contribution in [2.75, 3.05) is 18.2 Å². The molecule has 2 unspecified atom stereocenters. The molecule has 1 N–H and O–H groups in total. The van der Waals surface area contributed by atoms with E-state index in [9.17, 15) is 5.26 Å². The predicted octanol–water partition coefficient (Wildman–Crippen LogP) is 3.26. The quantitative estimate of drug-likeness (QED) is 0.908. The molecule has 0 radical (unpaired) electrons. The Kier molecular flexibility index (Phi) is 4.38. The molecule has 4 heteroatoms. The van der Waals surface area contributed by atoms with Gasteiger partial charge in [-0.3, -0.25) is 0 Å². The molecule has 1 aliphatic rings. The van der Waals surface area contributed by atoms with Gasteiger partial charge in [0.25, 0.3) is 0 Å². The zero-order chi connectivity index (χ0) is 13.0. The number of rotatable bonds is 3. The Hall–Kier alpha value is -1.34. The van der Waals surface area contributed by atoms with Crippen LogP contribution in [0.5, 0.6) is 5.75 Å². The van der Waals surface area contributed by atoms with E-state index in [4.69, 9.17) is 4.74 Å². The van der Waals surface area contributed by atoms with Gasteiger partial charge in [-0.1, -0.05) is 13.0 Å². The highest BCUT2D eigenvalue weighted by molar-refractivity contribution is 8.00. The van der Waals surface area contributed by atoms with Crippen molar-refractivity contribution in [1.29, 1.82) is 5.26 Å². The van der Waals surface area contributed by atoms with Gasteiger partial charge in [0.15, 0.2) is 0 Å². The number of anilines is 1. The minimum absolute atomic E-state index is 0.409. The van der Waals surface area contributed by atoms with Crippen LogP contribution in [0, 0.1) is 11.3 Å². The number of hydrogen-bond donors (Lipinski definition) is 1. The second-order valence-corrected chi connectivity index (χ2v) is 5.95. The molecule has 1 aliphatic heterocycles. The summed E-state index contributed by atoms with van der Waals surface area (Å²) in [4.78, 5) is 0. The fourth-order valence-corrected chi connectivity index (χ4v) is 3.38. The van der Waals surface area contributed by atoms with Crippen LogP contribution in [0.15, 0.2) is 18.2 Å². The Morgan fingerprint density at radius 3 is 3.00 bits per heavy atom. The molecular formula is C14H18N2OS. The number of nitriles is 1. The third-order valence-electron chi connectivity index (χ3n) is 3.30. The van der Waals surface area contributed by atoms with Gasteiger partial charge in [0.2, 0.25) is 0 Å². The summed E-state index contributed by atoms with van der Waals surface area (Å²) in [5.41, 5.74) is 1.49. The fourth-order valence-electron chi connectivity index (χ4n) is 2.24. The lowest BCUT2D eigenvalue weighted by molar-refractivity contribution is 0.415. The maximum absolute atomic E-state index is 9.18. The third kappa shape index (κ3) is 2.73. The standard InChI is InChI=1S/C14H18N2OS/c1-10-12(6-4-8-18-10)16-14-11(9-15)5-3-7-13(14)17-2/h3,5,7,10,12,16H,4,6,8H2,1-2H3. The van der Waals surface area contributed by atoms with Gasteiger partial charge >= 0.3 is 0 Å². The Morgan fingerprint density at radius 1 is 1.50 bits per heavy atom. The molecular weight excluding hydrogens is 244 g/mol. The Morgan fingerprint density at radius 2 is 2.33 bits per heavy atom. The summed E-state index contributed by atoms with van der Waals surface area (Å²) < 4.78 is 5.34. The number of thioether (sulfide) groups is 1. The molecule has 0 aromatic heterocycles. The average Bonchev–Trinajstić information content (AvgIpc) is 2.41. The van der Waals surface area contributed by atoms with E-state index in [-0.39, 0.29) is 0 Å². The summed E-state index contributed by atoms with van der Waals surface area (Å²) in [6, 6.07) is 8.20. The smallest absolute Gasteiger partial charge is 0.143 e. The molecule has 0 aliphatic carbocycles. The van der Waals surface area contributed by atoms with E-state index in [1.807, 2.05) is 30.0 Å². The van der Waals surface area contributed by atoms with Crippen LogP contribution in [0.3, 0.4) is 0 Å². The highest BCUT2D eigenvalue weighted by atomic mass is 32.2. The monoisotopic (exact) mass is 262 g/mol. The first kappa shape index (κ1) is 13.1. The number of nitrogens with one attached hydrogen (secondary N) is 1. The normalized spacial score (nSPS) is 23.2. The lowest BCUT2D eigenvalue weighted by atomic mass is 10.1. The van der Waals surface area contributed by atoms with E-state index in [1.54, 1.807) is 7.11 Å². The van der Waals surface area contributed by atoms with Crippen molar-refractivity contribution >= 4 is 17.4 Å². The van der Waals surface area contributed by atoms with Gasteiger partial charge in [-0.2, -0.15) is 17.0 Å². The maximum atomic E-state index is 9.18. The van der Waals surface area contributed by atoms with E-state index in [0.29, 0.717) is 16.9 Å². The third-order valence-corrected chi connectivity index (χ3v) is 4.68. The largest absolute Gasteiger partial charge is 0.495 e. The molecule has 96 valence electrons. The van der Waals surface area contributed by atoms with Crippen LogP contribution >= 0.6 is 11.8 Å². The number of ether oxygens (including phenoxy) is 1. The van der Waals surface area contributed by atoms with Crippen LogP contribution in [-0.4, -0.2) is 24.2 Å². The Bertz CT molecular complexity index is 456. The summed E-state index contributed by atoms with van der Waals surface area (Å²) in [6.45, 7) is 2.24. The first-order valence-corrected chi connectivity index (χ1v) is 7.26. The van der Waals surface area contributed by atoms with Crippen LogP contribution in [0.1, 0.15) is 25.3 Å². The molecule has 2 rings (SSSR count). The van der Waals surface area contributed by atoms with Gasteiger partial charge in [0.05, 0.1) is 18.4 Å². The van der Waals surface area contributed by atoms with Crippen molar-refractivity contribution in [3.63, 3.8) is 0 Å². The van der Waals surface area contributed by atoms with Crippen LogP contribution in [0.25, 0.3) is 0 Å². The zero-order valence-corrected chi connectivity index (χ0v) is 11.6. The fraction of sp³-hybridized carbons (Fsp3) is 0.500. The summed E-state index contributed by atoms with van der Waals surface area (Å²) >= 11 is 1.99. The molecule has 2 atom stereocenters. The number of hydrogen-bond acceptors (Lipinski definition) is 4. The molecule has 1 aromatic rings. The minimum atomic E-state index is 0.409. The van der Waals surface area contributed by atoms with Crippen molar-refractivity contribution in [2.24, 2.45) is 0 Å². The molecule has 3 nitrogen and oxygen atoms in total. The molecule has 0 bridgehead atoms. The van der Waals surface area contributed by atoms with E-state index < -0.39 is 0 Å². The van der Waals surface area contributed by atoms with E-state index >= 15 is 0 Å². The van der Waals surface area contributed by atoms with E-state index in [2.05, 4.69) is 18.3 Å². The molecule has 0 spiro atoms. The number of benzene rings is 1. The Balaban J connectivity index is 2.24. The molecule has 0 saturated carbocycles. The molecule has 1 fully saturated rings. The minimum Gasteiger partial charge on any atom is -0.495 e. The summed E-state index contributed by atoms with van der Waals surface area (Å²) in [5, 5.41) is 13.2. The molecule has 1 heterocycles. The molecule has 18 heavy (non-hydrogen) atoms. The second kappa shape index (κ2) is 6.01. The van der Waals surface area contributed by atoms with Crippen LogP contribution in [0.4, 0.5) is 5.69 Å². The first-order valence-electron chi connectivity index (χ1n) is 6.21. The van der Waals surface area contributed by atoms with Crippen molar-refractivity contribution in [1.82, 2.24) is 0 Å². The summed E-state index contributed by atoms with van der Waals surface area (Å²) in [7, 11) is 1.64. The van der Waals surface area contributed by atoms with Crippen molar-refractivity contribution < 1.29 is 4.74 Å². The van der Waals surface area contributed by atoms with Gasteiger partial charge in [0.1, 0.15) is 11.8 Å². The number of nitrogens with zero attached hydrogens (tertiary/aromatic N) is 1. The van der Waals surface area contributed by atoms with Gasteiger partial charge in [-0.25, -0.2) is 0 Å². The van der Waals surface area contributed by atoms with E-state index in [1.165, 1.54) is 12.2 Å². The van der Waals surface area contributed by atoms with Crippen LogP contribution < -0.4 is 10.1 Å². The number of para-hydroxylation sites is 1. The molecule has 0 amide bonds. The maximum Gasteiger partial charge on any atom is 0.143 e. The average molecular weight is 262 g/mol. The van der Waals surface area contributed by atoms with Crippen molar-refractivity contribution in [2.45, 2.75) is 31.1 Å². The highest BCUT2D eigenvalue weighted by Crippen LogP contribution is 2.33. The van der Waals surface area contributed by atoms with Crippen molar-refractivity contribution in [3.8, 4) is 11.8 Å². The van der Waals surface area contributed by atoms with Crippen molar-refractivity contribution in [3.05, 3.63) is 23.8 Å². The van der Waals surface area contributed by atoms with Gasteiger partial charge in [-0.15, -0.1) is 0 Å². The van der Waals surface area contributed by atoms with Gasteiger partial charge < -0.3 is 10.1 Å². The second-order valence-electron chi connectivity index (χ2n) is 4.46. The lowest BCUT2D eigenvalue weighted by Crippen LogP contribution is -2.33. The first-order chi connectivity index (χ1) is 8.76. The number of methoxy groups -OCH3 is 1. The summed E-state index contributed by atoms with van der Waals surface area (Å²) in [6.07, 6.45) is 2.38. The predicted molar refractivity (Wildman–Crippen MR) is 76.3 cm³/mol. The highest BCUT2D eigenvalue weighted by Gasteiger charge is 2.23. The van der Waals surface area contributed by atoms with E-state index in [0.717, 1.165) is 17.9 Å². The van der Waals surface area contributed by atoms with Crippen LogP contribution in [-0.2, 0) is 0 Å². The molecule has 1 aromatic carbocycles. The molecule has 1 saturated heterocycles. The summed E-state index contributed by atoms with van der Waals surface area (Å²) in [5.74, 6) is 1.98. The van der Waals surface area contributed by atoms with Gasteiger partial charge in [0, 0.05) is 11.3 Å². The lowest BCUT2D eigenvalue weighted by Gasteiger charge is -2.30. The van der Waals surface area contributed by atoms with Crippen LogP contribution in [0.2, 0.25) is 0 Å².